The molecular formula is C19H17N3O2. The van der Waals surface area contributed by atoms with Gasteiger partial charge < -0.3 is 5.11 Å². The fourth-order valence-electron chi connectivity index (χ4n) is 2.45. The van der Waals surface area contributed by atoms with E-state index in [9.17, 15) is 9.90 Å². The minimum Gasteiger partial charge on any atom is -0.508 e. The van der Waals surface area contributed by atoms with Crippen molar-refractivity contribution in [2.75, 3.05) is 0 Å². The molecule has 5 heteroatoms. The Kier molecular flexibility index (Phi) is 4.24. The smallest absolute Gasteiger partial charge is 0.272 e. The summed E-state index contributed by atoms with van der Waals surface area (Å²) >= 11 is 0. The van der Waals surface area contributed by atoms with Gasteiger partial charge in [-0.1, -0.05) is 11.6 Å². The Labute approximate surface area is 139 Å². The van der Waals surface area contributed by atoms with E-state index in [4.69, 9.17) is 0 Å². The van der Waals surface area contributed by atoms with Gasteiger partial charge in [0.2, 0.25) is 0 Å². The molecule has 0 bridgehead atoms. The number of hydrogen-bond acceptors (Lipinski definition) is 4. The summed E-state index contributed by atoms with van der Waals surface area (Å²) in [6.45, 7) is 3.83. The third kappa shape index (κ3) is 3.41. The fourth-order valence-corrected chi connectivity index (χ4v) is 2.45. The Hall–Kier alpha value is -3.21. The number of pyridine rings is 1. The van der Waals surface area contributed by atoms with Gasteiger partial charge in [-0.15, -0.1) is 0 Å². The third-order valence-electron chi connectivity index (χ3n) is 3.61. The largest absolute Gasteiger partial charge is 0.508 e. The number of nitrogens with zero attached hydrogens (tertiary/aromatic N) is 2. The molecule has 120 valence electrons. The van der Waals surface area contributed by atoms with Crippen molar-refractivity contribution in [2.45, 2.75) is 13.8 Å². The van der Waals surface area contributed by atoms with E-state index >= 15 is 0 Å². The van der Waals surface area contributed by atoms with E-state index < -0.39 is 0 Å². The normalized spacial score (nSPS) is 11.1. The first-order valence-electron chi connectivity index (χ1n) is 7.53. The summed E-state index contributed by atoms with van der Waals surface area (Å²) in [5.74, 6) is -0.101. The van der Waals surface area contributed by atoms with Gasteiger partial charge >= 0.3 is 0 Å². The van der Waals surface area contributed by atoms with Gasteiger partial charge in [0, 0.05) is 11.1 Å². The number of aromatic hydroxyl groups is 1. The summed E-state index contributed by atoms with van der Waals surface area (Å²) in [5, 5.41) is 14.0. The van der Waals surface area contributed by atoms with Crippen molar-refractivity contribution in [2.24, 2.45) is 5.10 Å². The van der Waals surface area contributed by atoms with Gasteiger partial charge in [-0.05, 0) is 61.9 Å². The first-order chi connectivity index (χ1) is 11.5. The fraction of sp³-hybridized carbons (Fsp3) is 0.105. The highest BCUT2D eigenvalue weighted by atomic mass is 16.3. The minimum atomic E-state index is -0.286. The zero-order valence-corrected chi connectivity index (χ0v) is 13.4. The first-order valence-corrected chi connectivity index (χ1v) is 7.53. The van der Waals surface area contributed by atoms with Crippen LogP contribution in [0.4, 0.5) is 0 Å². The maximum absolute atomic E-state index is 12.5. The lowest BCUT2D eigenvalue weighted by molar-refractivity contribution is 0.0956. The van der Waals surface area contributed by atoms with Crippen LogP contribution in [0, 0.1) is 13.8 Å². The van der Waals surface area contributed by atoms with E-state index in [2.05, 4.69) is 15.5 Å². The first kappa shape index (κ1) is 15.7. The van der Waals surface area contributed by atoms with Crippen LogP contribution in [0.15, 0.2) is 53.6 Å². The van der Waals surface area contributed by atoms with E-state index in [1.54, 1.807) is 30.3 Å². The van der Waals surface area contributed by atoms with Crippen LogP contribution in [-0.4, -0.2) is 22.2 Å². The molecule has 5 nitrogen and oxygen atoms in total. The molecule has 0 fully saturated rings. The Morgan fingerprint density at radius 2 is 1.88 bits per heavy atom. The van der Waals surface area contributed by atoms with Gasteiger partial charge in [-0.3, -0.25) is 9.78 Å². The summed E-state index contributed by atoms with van der Waals surface area (Å²) in [6.07, 6.45) is 1.53. The Bertz CT molecular complexity index is 931. The monoisotopic (exact) mass is 319 g/mol. The van der Waals surface area contributed by atoms with Crippen molar-refractivity contribution in [1.29, 1.82) is 0 Å². The summed E-state index contributed by atoms with van der Waals surface area (Å²) in [5.41, 5.74) is 6.49. The maximum Gasteiger partial charge on any atom is 0.272 e. The molecule has 24 heavy (non-hydrogen) atoms. The average Bonchev–Trinajstić information content (AvgIpc) is 2.56. The number of aryl methyl sites for hydroxylation is 2. The molecule has 0 aliphatic rings. The molecule has 1 amide bonds. The van der Waals surface area contributed by atoms with Crippen LogP contribution < -0.4 is 5.43 Å². The molecule has 1 aromatic heterocycles. The number of rotatable bonds is 3. The highest BCUT2D eigenvalue weighted by molar-refractivity contribution is 6.06. The molecule has 2 aromatic carbocycles. The van der Waals surface area contributed by atoms with Gasteiger partial charge in [-0.25, -0.2) is 5.43 Å². The summed E-state index contributed by atoms with van der Waals surface area (Å²) in [7, 11) is 0. The van der Waals surface area contributed by atoms with Crippen molar-refractivity contribution in [3.63, 3.8) is 0 Å². The maximum atomic E-state index is 12.5. The lowest BCUT2D eigenvalue weighted by Gasteiger charge is -2.07. The molecule has 0 atom stereocenters. The summed E-state index contributed by atoms with van der Waals surface area (Å²) in [4.78, 5) is 16.9. The molecular weight excluding hydrogens is 302 g/mol. The molecule has 2 N–H and O–H groups in total. The van der Waals surface area contributed by atoms with Crippen LogP contribution in [-0.2, 0) is 0 Å². The second-order valence-electron chi connectivity index (χ2n) is 5.62. The van der Waals surface area contributed by atoms with Crippen molar-refractivity contribution >= 4 is 23.0 Å². The molecule has 0 radical (unpaired) electrons. The number of hydrogen-bond donors (Lipinski definition) is 2. The van der Waals surface area contributed by atoms with Crippen LogP contribution >= 0.6 is 0 Å². The zero-order valence-electron chi connectivity index (χ0n) is 13.4. The summed E-state index contributed by atoms with van der Waals surface area (Å²) in [6, 6.07) is 14.1. The number of carbonyl (C=O) groups excluding carboxylic acids is 1. The van der Waals surface area contributed by atoms with E-state index in [-0.39, 0.29) is 11.7 Å². The van der Waals surface area contributed by atoms with Crippen molar-refractivity contribution in [3.05, 3.63) is 70.9 Å². The Morgan fingerprint density at radius 3 is 2.62 bits per heavy atom. The molecule has 3 rings (SSSR count). The molecule has 0 spiro atoms. The SMILES string of the molecule is Cc1ccc2nc(C)cc(C(=O)N/N=C/c3ccc(O)cc3)c2c1. The van der Waals surface area contributed by atoms with Gasteiger partial charge in [0.15, 0.2) is 0 Å². The second-order valence-corrected chi connectivity index (χ2v) is 5.62. The van der Waals surface area contributed by atoms with Gasteiger partial charge in [0.25, 0.3) is 5.91 Å². The number of aromatic nitrogens is 1. The van der Waals surface area contributed by atoms with E-state index in [0.29, 0.717) is 5.56 Å². The lowest BCUT2D eigenvalue weighted by atomic mass is 10.1. The summed E-state index contributed by atoms with van der Waals surface area (Å²) < 4.78 is 0. The van der Waals surface area contributed by atoms with Crippen molar-refractivity contribution in [1.82, 2.24) is 10.4 Å². The molecule has 0 aliphatic carbocycles. The lowest BCUT2D eigenvalue weighted by Crippen LogP contribution is -2.18. The van der Waals surface area contributed by atoms with E-state index in [0.717, 1.165) is 27.7 Å². The predicted molar refractivity (Wildman–Crippen MR) is 94.4 cm³/mol. The number of phenols is 1. The number of hydrazone groups is 1. The highest BCUT2D eigenvalue weighted by Crippen LogP contribution is 2.20. The average molecular weight is 319 g/mol. The molecule has 3 aromatic rings. The number of fused-ring (bicyclic) bond motifs is 1. The van der Waals surface area contributed by atoms with Crippen LogP contribution in [0.5, 0.6) is 5.75 Å². The highest BCUT2D eigenvalue weighted by Gasteiger charge is 2.11. The van der Waals surface area contributed by atoms with Gasteiger partial charge in [-0.2, -0.15) is 5.10 Å². The second kappa shape index (κ2) is 6.50. The molecule has 0 saturated heterocycles. The molecule has 0 unspecified atom stereocenters. The minimum absolute atomic E-state index is 0.185. The number of phenolic OH excluding ortho intramolecular Hbond substituents is 1. The van der Waals surface area contributed by atoms with Crippen molar-refractivity contribution < 1.29 is 9.90 Å². The Balaban J connectivity index is 1.86. The zero-order chi connectivity index (χ0) is 17.1. The van der Waals surface area contributed by atoms with E-state index in [1.807, 2.05) is 32.0 Å². The van der Waals surface area contributed by atoms with Crippen molar-refractivity contribution in [3.8, 4) is 5.75 Å². The van der Waals surface area contributed by atoms with Crippen LogP contribution in [0.3, 0.4) is 0 Å². The Morgan fingerprint density at radius 1 is 1.12 bits per heavy atom. The number of amides is 1. The topological polar surface area (TPSA) is 74.6 Å². The predicted octanol–water partition coefficient (Wildman–Crippen LogP) is 3.32. The third-order valence-corrected chi connectivity index (χ3v) is 3.61. The standard InChI is InChI=1S/C19H17N3O2/c1-12-3-8-18-16(9-12)17(10-13(2)21-18)19(24)22-20-11-14-4-6-15(23)7-5-14/h3-11,23H,1-2H3,(H,22,24)/b20-11+. The van der Waals surface area contributed by atoms with Gasteiger partial charge in [0.05, 0.1) is 17.3 Å². The number of nitrogens with one attached hydrogen (secondary N) is 1. The molecule has 1 heterocycles. The van der Waals surface area contributed by atoms with Crippen LogP contribution in [0.25, 0.3) is 10.9 Å². The molecule has 0 saturated carbocycles. The number of carbonyl (C=O) groups is 1. The number of benzene rings is 2. The van der Waals surface area contributed by atoms with Gasteiger partial charge in [0.1, 0.15) is 5.75 Å². The van der Waals surface area contributed by atoms with Crippen LogP contribution in [0.2, 0.25) is 0 Å². The molecule has 0 aliphatic heterocycles. The van der Waals surface area contributed by atoms with Crippen LogP contribution in [0.1, 0.15) is 27.2 Å². The van der Waals surface area contributed by atoms with E-state index in [1.165, 1.54) is 6.21 Å². The quantitative estimate of drug-likeness (QED) is 0.574.